The number of rotatable bonds is 8. The highest BCUT2D eigenvalue weighted by Gasteiger charge is 2.17. The molecule has 2 aromatic heterocycles. The molecule has 3 N–H and O–H groups in total. The fraction of sp³-hybridized carbons (Fsp3) is 0.280. The van der Waals surface area contributed by atoms with Crippen molar-refractivity contribution in [3.63, 3.8) is 0 Å². The van der Waals surface area contributed by atoms with Gasteiger partial charge in [-0.2, -0.15) is 0 Å². The second kappa shape index (κ2) is 10.3. The average Bonchev–Trinajstić information content (AvgIpc) is 3.52. The summed E-state index contributed by atoms with van der Waals surface area (Å²) in [7, 11) is 0. The summed E-state index contributed by atoms with van der Waals surface area (Å²) in [6, 6.07) is 8.44. The Balaban J connectivity index is 1.51. The van der Waals surface area contributed by atoms with Crippen molar-refractivity contribution < 1.29 is 9.15 Å². The fourth-order valence-corrected chi connectivity index (χ4v) is 3.41. The summed E-state index contributed by atoms with van der Waals surface area (Å²) in [6.07, 6.45) is 8.47. The molecule has 1 fully saturated rings. The molecule has 8 heteroatoms. The molecule has 170 valence electrons. The number of aromatic nitrogens is 4. The summed E-state index contributed by atoms with van der Waals surface area (Å²) in [6.45, 7) is 10.1. The topological polar surface area (TPSA) is 112 Å². The number of allylic oxidation sites excluding steroid dienone is 5. The van der Waals surface area contributed by atoms with Gasteiger partial charge in [-0.05, 0) is 43.5 Å². The van der Waals surface area contributed by atoms with Gasteiger partial charge in [-0.15, -0.1) is 10.2 Å². The van der Waals surface area contributed by atoms with Gasteiger partial charge in [0, 0.05) is 24.8 Å². The number of nitrogens with one attached hydrogen (secondary N) is 1. The van der Waals surface area contributed by atoms with E-state index in [2.05, 4.69) is 32.1 Å². The van der Waals surface area contributed by atoms with Gasteiger partial charge in [-0.25, -0.2) is 9.97 Å². The van der Waals surface area contributed by atoms with E-state index in [-0.39, 0.29) is 11.7 Å². The van der Waals surface area contributed by atoms with Crippen molar-refractivity contribution in [2.45, 2.75) is 32.9 Å². The standard InChI is InChI=1S/C25H28N6O2/c1-4-18(8-5-16(2)3)21-14-28-23(26)22(29-21)25-31-30-24(33-25)19-9-6-17(7-10-19)13-27-20-11-12-32-15-20/h4-10,14,20,27H,2,11-13,15H2,1,3H3,(H2,26,28)/b8-5-,18-4+/t20-/m1/s1. The van der Waals surface area contributed by atoms with Gasteiger partial charge in [0.25, 0.3) is 5.89 Å². The molecule has 3 aromatic rings. The second-order valence-corrected chi connectivity index (χ2v) is 7.96. The van der Waals surface area contributed by atoms with Crippen LogP contribution in [0.1, 0.15) is 31.5 Å². The van der Waals surface area contributed by atoms with Crippen LogP contribution in [0.3, 0.4) is 0 Å². The molecule has 33 heavy (non-hydrogen) atoms. The molecule has 4 rings (SSSR count). The quantitative estimate of drug-likeness (QED) is 0.498. The van der Waals surface area contributed by atoms with Crippen molar-refractivity contribution in [3.8, 4) is 23.0 Å². The zero-order valence-corrected chi connectivity index (χ0v) is 18.9. The predicted octanol–water partition coefficient (Wildman–Crippen LogP) is 4.19. The number of benzene rings is 1. The number of anilines is 1. The van der Waals surface area contributed by atoms with E-state index in [0.717, 1.165) is 42.9 Å². The van der Waals surface area contributed by atoms with Crippen LogP contribution in [0.15, 0.2) is 65.3 Å². The molecule has 1 atom stereocenters. The Kier molecular flexibility index (Phi) is 7.07. The van der Waals surface area contributed by atoms with Crippen LogP contribution >= 0.6 is 0 Å². The number of hydrogen-bond donors (Lipinski definition) is 2. The molecule has 8 nitrogen and oxygen atoms in total. The minimum atomic E-state index is 0.225. The van der Waals surface area contributed by atoms with Gasteiger partial charge in [0.1, 0.15) is 0 Å². The first-order valence-electron chi connectivity index (χ1n) is 10.9. The van der Waals surface area contributed by atoms with Crippen molar-refractivity contribution in [1.29, 1.82) is 0 Å². The summed E-state index contributed by atoms with van der Waals surface area (Å²) in [5.41, 5.74) is 10.9. The Bertz CT molecular complexity index is 1170. The highest BCUT2D eigenvalue weighted by atomic mass is 16.5. The molecule has 0 bridgehead atoms. The number of hydrogen-bond acceptors (Lipinski definition) is 8. The Morgan fingerprint density at radius 3 is 2.70 bits per heavy atom. The van der Waals surface area contributed by atoms with E-state index in [9.17, 15) is 0 Å². The monoisotopic (exact) mass is 444 g/mol. The predicted molar refractivity (Wildman–Crippen MR) is 129 cm³/mol. The van der Waals surface area contributed by atoms with Gasteiger partial charge in [0.05, 0.1) is 18.5 Å². The molecule has 1 aliphatic heterocycles. The van der Waals surface area contributed by atoms with Crippen LogP contribution in [-0.2, 0) is 11.3 Å². The van der Waals surface area contributed by atoms with Crippen molar-refractivity contribution in [2.24, 2.45) is 0 Å². The molecular weight excluding hydrogens is 416 g/mol. The van der Waals surface area contributed by atoms with Crippen LogP contribution in [0.2, 0.25) is 0 Å². The molecule has 1 saturated heterocycles. The Morgan fingerprint density at radius 2 is 2.00 bits per heavy atom. The molecule has 0 unspecified atom stereocenters. The Morgan fingerprint density at radius 1 is 1.21 bits per heavy atom. The van der Waals surface area contributed by atoms with Crippen molar-refractivity contribution in [2.75, 3.05) is 18.9 Å². The van der Waals surface area contributed by atoms with Gasteiger partial charge in [-0.1, -0.05) is 42.5 Å². The lowest BCUT2D eigenvalue weighted by Gasteiger charge is -2.10. The average molecular weight is 445 g/mol. The summed E-state index contributed by atoms with van der Waals surface area (Å²) >= 11 is 0. The molecular formula is C25H28N6O2. The lowest BCUT2D eigenvalue weighted by molar-refractivity contribution is 0.190. The lowest BCUT2D eigenvalue weighted by Crippen LogP contribution is -2.28. The van der Waals surface area contributed by atoms with Crippen LogP contribution in [0.4, 0.5) is 5.82 Å². The molecule has 0 spiro atoms. The first-order chi connectivity index (χ1) is 16.0. The first kappa shape index (κ1) is 22.6. The van der Waals surface area contributed by atoms with Crippen LogP contribution in [0.25, 0.3) is 28.6 Å². The Hall–Kier alpha value is -3.62. The molecule has 0 aliphatic carbocycles. The van der Waals surface area contributed by atoms with Gasteiger partial charge in [-0.3, -0.25) is 0 Å². The smallest absolute Gasteiger partial charge is 0.270 e. The van der Waals surface area contributed by atoms with E-state index in [1.165, 1.54) is 5.56 Å². The van der Waals surface area contributed by atoms with Gasteiger partial charge in [0.2, 0.25) is 5.89 Å². The maximum atomic E-state index is 6.07. The summed E-state index contributed by atoms with van der Waals surface area (Å²) in [5, 5.41) is 11.8. The maximum Gasteiger partial charge on any atom is 0.270 e. The first-order valence-corrected chi connectivity index (χ1v) is 10.9. The fourth-order valence-electron chi connectivity index (χ4n) is 3.41. The van der Waals surface area contributed by atoms with E-state index in [1.807, 2.05) is 56.3 Å². The highest BCUT2D eigenvalue weighted by molar-refractivity contribution is 5.74. The third-order valence-corrected chi connectivity index (χ3v) is 5.31. The molecule has 0 saturated carbocycles. The number of ether oxygens (including phenoxy) is 1. The largest absolute Gasteiger partial charge is 0.414 e. The summed E-state index contributed by atoms with van der Waals surface area (Å²) in [5.74, 6) is 0.850. The van der Waals surface area contributed by atoms with Crippen molar-refractivity contribution in [1.82, 2.24) is 25.5 Å². The van der Waals surface area contributed by atoms with Crippen molar-refractivity contribution >= 4 is 11.4 Å². The lowest BCUT2D eigenvalue weighted by atomic mass is 10.1. The van der Waals surface area contributed by atoms with E-state index in [0.29, 0.717) is 23.3 Å². The second-order valence-electron chi connectivity index (χ2n) is 7.96. The third-order valence-electron chi connectivity index (χ3n) is 5.31. The molecule has 3 heterocycles. The van der Waals surface area contributed by atoms with E-state index >= 15 is 0 Å². The number of nitrogens with zero attached hydrogens (tertiary/aromatic N) is 4. The molecule has 1 aromatic carbocycles. The van der Waals surface area contributed by atoms with E-state index < -0.39 is 0 Å². The molecule has 1 aliphatic rings. The van der Waals surface area contributed by atoms with Gasteiger partial charge < -0.3 is 20.2 Å². The molecule has 0 radical (unpaired) electrons. The van der Waals surface area contributed by atoms with Crippen molar-refractivity contribution in [3.05, 3.63) is 72.1 Å². The zero-order chi connectivity index (χ0) is 23.2. The Labute approximate surface area is 193 Å². The normalized spacial score (nSPS) is 16.5. The third kappa shape index (κ3) is 5.60. The van der Waals surface area contributed by atoms with Crippen LogP contribution in [0.5, 0.6) is 0 Å². The minimum absolute atomic E-state index is 0.225. The summed E-state index contributed by atoms with van der Waals surface area (Å²) in [4.78, 5) is 8.90. The molecule has 0 amide bonds. The minimum Gasteiger partial charge on any atom is -0.414 e. The van der Waals surface area contributed by atoms with Gasteiger partial charge in [0.15, 0.2) is 11.5 Å². The van der Waals surface area contributed by atoms with Gasteiger partial charge >= 0.3 is 0 Å². The van der Waals surface area contributed by atoms with Crippen LogP contribution < -0.4 is 11.1 Å². The number of nitrogen functional groups attached to an aromatic ring is 1. The van der Waals surface area contributed by atoms with Crippen LogP contribution in [-0.4, -0.2) is 39.4 Å². The summed E-state index contributed by atoms with van der Waals surface area (Å²) < 4.78 is 11.3. The van der Waals surface area contributed by atoms with Crippen LogP contribution in [0, 0.1) is 0 Å². The SMILES string of the molecule is C=C(C)/C=C\C(=C/C)c1cnc(N)c(-c2nnc(-c3ccc(CN[C@@H]4CCOC4)cc3)o2)n1. The zero-order valence-electron chi connectivity index (χ0n) is 18.9. The maximum absolute atomic E-state index is 6.07. The van der Waals surface area contributed by atoms with E-state index in [4.69, 9.17) is 14.9 Å². The highest BCUT2D eigenvalue weighted by Crippen LogP contribution is 2.27. The van der Waals surface area contributed by atoms with E-state index in [1.54, 1.807) is 6.20 Å². The number of nitrogens with two attached hydrogens (primary N) is 1.